The van der Waals surface area contributed by atoms with Crippen molar-refractivity contribution in [3.05, 3.63) is 45.4 Å². The molecule has 1 atom stereocenters. The number of fused-ring (bicyclic) bond motifs is 1. The highest BCUT2D eigenvalue weighted by Crippen LogP contribution is 1.92. The largest absolute Gasteiger partial charge is 0.619 e. The molecule has 9 heteroatoms. The Balaban J connectivity index is 2.59. The van der Waals surface area contributed by atoms with E-state index >= 15 is 0 Å². The van der Waals surface area contributed by atoms with Crippen LogP contribution in [0.4, 0.5) is 0 Å². The minimum absolute atomic E-state index is 0.0450. The average molecular weight is 272 g/mol. The highest BCUT2D eigenvalue weighted by Gasteiger charge is 2.43. The molecule has 1 heterocycles. The van der Waals surface area contributed by atoms with E-state index in [4.69, 9.17) is 17.3 Å². The van der Waals surface area contributed by atoms with Crippen LogP contribution in [0.3, 0.4) is 0 Å². The number of hydrazine groups is 1. The van der Waals surface area contributed by atoms with E-state index in [9.17, 15) is 15.2 Å². The Morgan fingerprint density at radius 3 is 2.67 bits per heavy atom. The van der Waals surface area contributed by atoms with Gasteiger partial charge in [0, 0.05) is 12.1 Å². The minimum atomic E-state index is -2.07. The van der Waals surface area contributed by atoms with Crippen molar-refractivity contribution in [2.75, 3.05) is 5.88 Å². The molecule has 96 valence electrons. The fourth-order valence-corrected chi connectivity index (χ4v) is 1.65. The van der Waals surface area contributed by atoms with Gasteiger partial charge >= 0.3 is 11.3 Å². The van der Waals surface area contributed by atoms with Gasteiger partial charge in [-0.05, 0) is 0 Å². The predicted molar refractivity (Wildman–Crippen MR) is 63.8 cm³/mol. The van der Waals surface area contributed by atoms with Gasteiger partial charge in [0.15, 0.2) is 0 Å². The molecule has 4 N–H and O–H groups in total. The number of carbonyl (C=O) groups is 1. The van der Waals surface area contributed by atoms with Gasteiger partial charge in [0.05, 0.1) is 0 Å². The summed E-state index contributed by atoms with van der Waals surface area (Å²) in [5.74, 6) is -3.13. The quantitative estimate of drug-likeness (QED) is 0.231. The second-order valence-corrected chi connectivity index (χ2v) is 3.90. The molecule has 1 aromatic rings. The number of carbonyl (C=O) groups excluding carboxylic acids is 1. The Morgan fingerprint density at radius 2 is 2.06 bits per heavy atom. The predicted octanol–water partition coefficient (Wildman–Crippen LogP) is -2.89. The van der Waals surface area contributed by atoms with E-state index in [0.29, 0.717) is 9.59 Å². The van der Waals surface area contributed by atoms with Crippen LogP contribution in [0.1, 0.15) is 0 Å². The molecule has 0 spiro atoms. The van der Waals surface area contributed by atoms with Crippen LogP contribution >= 0.6 is 11.6 Å². The molecule has 1 aliphatic heterocycles. The lowest BCUT2D eigenvalue weighted by Gasteiger charge is -2.28. The second kappa shape index (κ2) is 4.31. The summed E-state index contributed by atoms with van der Waals surface area (Å²) in [6.07, 6.45) is 0. The molecule has 0 saturated carbocycles. The lowest BCUT2D eigenvalue weighted by molar-refractivity contribution is -0.122. The third-order valence-electron chi connectivity index (χ3n) is 2.36. The van der Waals surface area contributed by atoms with Gasteiger partial charge in [-0.25, -0.2) is 5.73 Å². The molecule has 1 aromatic carbocycles. The second-order valence-electron chi connectivity index (χ2n) is 3.64. The molecule has 1 aliphatic rings. The number of hydroxylamine groups is 1. The van der Waals surface area contributed by atoms with Crippen LogP contribution in [-0.2, 0) is 4.79 Å². The summed E-state index contributed by atoms with van der Waals surface area (Å²) >= 11 is 5.31. The van der Waals surface area contributed by atoms with Gasteiger partial charge in [0.25, 0.3) is 5.36 Å². The van der Waals surface area contributed by atoms with Crippen molar-refractivity contribution < 1.29 is 4.79 Å². The van der Waals surface area contributed by atoms with Crippen LogP contribution in [0.2, 0.25) is 0 Å². The molecule has 8 nitrogen and oxygen atoms in total. The van der Waals surface area contributed by atoms with Crippen molar-refractivity contribution in [2.24, 2.45) is 5.73 Å². The van der Waals surface area contributed by atoms with Gasteiger partial charge in [-0.2, -0.15) is 0 Å². The first-order chi connectivity index (χ1) is 8.48. The number of nitrogens with two attached hydrogens (primary N) is 1. The first-order valence-corrected chi connectivity index (χ1v) is 5.49. The summed E-state index contributed by atoms with van der Waals surface area (Å²) in [4.78, 5) is 11.5. The molecule has 0 aliphatic carbocycles. The number of amides is 1. The van der Waals surface area contributed by atoms with E-state index in [1.165, 1.54) is 12.1 Å². The number of hydrogen-bond donors (Lipinski definition) is 3. The molecular weight excluding hydrogens is 262 g/mol. The van der Waals surface area contributed by atoms with Crippen molar-refractivity contribution >= 4 is 17.5 Å². The van der Waals surface area contributed by atoms with Gasteiger partial charge in [0.1, 0.15) is 5.88 Å². The lowest BCUT2D eigenvalue weighted by Crippen LogP contribution is -2.81. The van der Waals surface area contributed by atoms with Crippen molar-refractivity contribution in [3.63, 3.8) is 0 Å². The van der Waals surface area contributed by atoms with Crippen LogP contribution in [0, 0.1) is 10.4 Å². The van der Waals surface area contributed by atoms with E-state index in [1.807, 2.05) is 0 Å². The van der Waals surface area contributed by atoms with E-state index in [0.717, 1.165) is 0 Å². The van der Waals surface area contributed by atoms with Gasteiger partial charge in [-0.1, -0.05) is 22.4 Å². The lowest BCUT2D eigenvalue weighted by atomic mass is 10.3. The molecule has 0 bridgehead atoms. The normalized spacial score (nSPS) is 22.1. The zero-order valence-electron chi connectivity index (χ0n) is 9.09. The monoisotopic (exact) mass is 271 g/mol. The zero-order chi connectivity index (χ0) is 13.3. The van der Waals surface area contributed by atoms with Gasteiger partial charge in [0.2, 0.25) is 5.91 Å². The summed E-state index contributed by atoms with van der Waals surface area (Å²) in [6, 6.07) is 6.04. The number of benzene rings is 1. The number of nitrogens with zero attached hydrogens (tertiary/aromatic N) is 2. The van der Waals surface area contributed by atoms with Crippen molar-refractivity contribution in [2.45, 2.75) is 5.91 Å². The van der Waals surface area contributed by atoms with Crippen LogP contribution in [0.15, 0.2) is 24.3 Å². The van der Waals surface area contributed by atoms with E-state index in [1.54, 1.807) is 12.1 Å². The van der Waals surface area contributed by atoms with Gasteiger partial charge < -0.3 is 10.4 Å². The summed E-state index contributed by atoms with van der Waals surface area (Å²) in [7, 11) is 0. The van der Waals surface area contributed by atoms with Crippen LogP contribution in [0.25, 0.3) is 0 Å². The Morgan fingerprint density at radius 1 is 1.44 bits per heavy atom. The summed E-state index contributed by atoms with van der Waals surface area (Å²) in [5, 5.41) is 26.0. The number of nitrogens with one attached hydrogen (secondary N) is 2. The Kier molecular flexibility index (Phi) is 2.97. The summed E-state index contributed by atoms with van der Waals surface area (Å²) in [5.41, 5.74) is 7.80. The van der Waals surface area contributed by atoms with Gasteiger partial charge in [-0.3, -0.25) is 10.1 Å². The topological polar surface area (TPSA) is 119 Å². The fourth-order valence-electron chi connectivity index (χ4n) is 1.58. The first kappa shape index (κ1) is 12.4. The number of halogens is 1. The minimum Gasteiger partial charge on any atom is -0.619 e. The Labute approximate surface area is 106 Å². The number of alkyl halides is 1. The third-order valence-corrected chi connectivity index (χ3v) is 2.61. The highest BCUT2D eigenvalue weighted by molar-refractivity contribution is 6.27. The molecule has 0 aromatic heterocycles. The maximum absolute atomic E-state index is 12.0. The smallest absolute Gasteiger partial charge is 0.438 e. The third kappa shape index (κ3) is 1.91. The SMILES string of the molecule is NC1(NC(=O)CCl)N[N+]([O-])=c2ccccc2=[N+]1[O-]. The van der Waals surface area contributed by atoms with E-state index < -0.39 is 11.8 Å². The van der Waals surface area contributed by atoms with Crippen LogP contribution in [-0.4, -0.2) is 17.7 Å². The van der Waals surface area contributed by atoms with Gasteiger partial charge in [-0.15, -0.1) is 16.3 Å². The number of para-hydroxylation sites is 2. The van der Waals surface area contributed by atoms with Crippen molar-refractivity contribution in [1.82, 2.24) is 20.3 Å². The number of hydrogen-bond acceptors (Lipinski definition) is 5. The van der Waals surface area contributed by atoms with Crippen LogP contribution in [0.5, 0.6) is 0 Å². The zero-order valence-corrected chi connectivity index (χ0v) is 9.85. The van der Waals surface area contributed by atoms with Crippen molar-refractivity contribution in [1.29, 1.82) is 0 Å². The standard InChI is InChI=1S/C9H10ClN5O3/c10-5-8(16)12-9(11)13-15(18)7-4-2-1-3-6(7)14(9)17/h1-4,13H,5,11H2,(H,12,16). The molecule has 18 heavy (non-hydrogen) atoms. The van der Waals surface area contributed by atoms with Crippen LogP contribution < -0.4 is 36.8 Å². The van der Waals surface area contributed by atoms with E-state index in [2.05, 4.69) is 10.7 Å². The first-order valence-electron chi connectivity index (χ1n) is 4.95. The molecule has 0 fully saturated rings. The Hall–Kier alpha value is -2.06. The molecule has 0 radical (unpaired) electrons. The fraction of sp³-hybridized carbons (Fsp3) is 0.222. The van der Waals surface area contributed by atoms with E-state index in [-0.39, 0.29) is 16.6 Å². The Bertz CT molecular complexity index is 619. The molecule has 1 unspecified atom stereocenters. The maximum Gasteiger partial charge on any atom is 0.438 e. The molecular formula is C9H10ClN5O3. The number of rotatable bonds is 2. The molecule has 2 rings (SSSR count). The highest BCUT2D eigenvalue weighted by atomic mass is 35.5. The molecule has 1 amide bonds. The molecule has 0 saturated heterocycles. The maximum atomic E-state index is 12.0. The summed E-state index contributed by atoms with van der Waals surface area (Å²) in [6.45, 7) is 0. The van der Waals surface area contributed by atoms with Crippen molar-refractivity contribution in [3.8, 4) is 0 Å². The summed E-state index contributed by atoms with van der Waals surface area (Å²) < 4.78 is 0.307. The average Bonchev–Trinajstić information content (AvgIpc) is 2.36.